The van der Waals surface area contributed by atoms with Gasteiger partial charge in [0.2, 0.25) is 0 Å². The van der Waals surface area contributed by atoms with Crippen LogP contribution in [0.3, 0.4) is 0 Å². The van der Waals surface area contributed by atoms with Crippen molar-refractivity contribution in [2.24, 2.45) is 0 Å². The average Bonchev–Trinajstić information content (AvgIpc) is 2.87. The minimum Gasteiger partial charge on any atom is -0.332 e. The van der Waals surface area contributed by atoms with Gasteiger partial charge in [0.25, 0.3) is 10.0 Å². The monoisotopic (exact) mass is 279 g/mol. The highest BCUT2D eigenvalue weighted by Gasteiger charge is 2.23. The van der Waals surface area contributed by atoms with Crippen LogP contribution in [0.2, 0.25) is 0 Å². The summed E-state index contributed by atoms with van der Waals surface area (Å²) in [6, 6.07) is 7.35. The minimum atomic E-state index is -3.58. The third kappa shape index (κ3) is 2.63. The predicted molar refractivity (Wildman–Crippen MR) is 74.7 cm³/mol. The van der Waals surface area contributed by atoms with Gasteiger partial charge >= 0.3 is 0 Å². The van der Waals surface area contributed by atoms with Gasteiger partial charge in [-0.15, -0.1) is 0 Å². The lowest BCUT2D eigenvalue weighted by Gasteiger charge is -2.18. The van der Waals surface area contributed by atoms with Crippen molar-refractivity contribution in [3.05, 3.63) is 41.9 Å². The predicted octanol–water partition coefficient (Wildman–Crippen LogP) is 2.11. The fourth-order valence-electron chi connectivity index (χ4n) is 1.76. The average molecular weight is 279 g/mol. The summed E-state index contributed by atoms with van der Waals surface area (Å²) < 4.78 is 26.1. The van der Waals surface area contributed by atoms with Gasteiger partial charge in [0.1, 0.15) is 5.82 Å². The van der Waals surface area contributed by atoms with Crippen molar-refractivity contribution in [3.63, 3.8) is 0 Å². The molecule has 0 fully saturated rings. The number of aromatic nitrogens is 2. The lowest BCUT2D eigenvalue weighted by atomic mass is 10.2. The molecule has 0 unspecified atom stereocenters. The fourth-order valence-corrected chi connectivity index (χ4v) is 2.88. The molecular weight excluding hydrogens is 262 g/mol. The van der Waals surface area contributed by atoms with Gasteiger partial charge in [-0.1, -0.05) is 19.1 Å². The first-order valence-electron chi connectivity index (χ1n) is 6.04. The van der Waals surface area contributed by atoms with E-state index < -0.39 is 10.0 Å². The summed E-state index contributed by atoms with van der Waals surface area (Å²) in [4.78, 5) is 6.86. The summed E-state index contributed by atoms with van der Waals surface area (Å²) in [5.41, 5.74) is 1.64. The van der Waals surface area contributed by atoms with E-state index in [4.69, 9.17) is 0 Å². The molecule has 2 aromatic rings. The van der Waals surface area contributed by atoms with Crippen LogP contribution in [0.1, 0.15) is 18.3 Å². The van der Waals surface area contributed by atoms with Gasteiger partial charge in [0.05, 0.1) is 11.9 Å². The van der Waals surface area contributed by atoms with Crippen LogP contribution in [0.4, 0.5) is 5.69 Å². The zero-order valence-electron chi connectivity index (χ0n) is 11.2. The molecule has 0 aliphatic carbocycles. The molecule has 5 nitrogen and oxygen atoms in total. The van der Waals surface area contributed by atoms with Crippen LogP contribution in [0.5, 0.6) is 0 Å². The number of H-pyrrole nitrogens is 1. The maximum absolute atomic E-state index is 12.4. The second kappa shape index (κ2) is 5.05. The van der Waals surface area contributed by atoms with Crippen molar-refractivity contribution in [1.29, 1.82) is 0 Å². The summed E-state index contributed by atoms with van der Waals surface area (Å²) in [6.45, 7) is 3.84. The molecular formula is C13H17N3O2S. The fraction of sp³-hybridized carbons (Fsp3) is 0.308. The van der Waals surface area contributed by atoms with Crippen LogP contribution in [-0.2, 0) is 16.4 Å². The Kier molecular flexibility index (Phi) is 3.61. The summed E-state index contributed by atoms with van der Waals surface area (Å²) in [7, 11) is -2.04. The van der Waals surface area contributed by atoms with Crippen LogP contribution in [-0.4, -0.2) is 25.4 Å². The van der Waals surface area contributed by atoms with Gasteiger partial charge in [-0.25, -0.2) is 4.98 Å². The highest BCUT2D eigenvalue weighted by atomic mass is 32.2. The number of anilines is 1. The van der Waals surface area contributed by atoms with Crippen LogP contribution < -0.4 is 4.31 Å². The molecule has 2 rings (SSSR count). The molecule has 1 aromatic heterocycles. The highest BCUT2D eigenvalue weighted by Crippen LogP contribution is 2.21. The van der Waals surface area contributed by atoms with Crippen molar-refractivity contribution in [2.75, 3.05) is 11.4 Å². The van der Waals surface area contributed by atoms with Gasteiger partial charge in [-0.05, 0) is 24.6 Å². The number of hydrogen-bond donors (Lipinski definition) is 1. The van der Waals surface area contributed by atoms with Gasteiger partial charge in [0.15, 0.2) is 5.03 Å². The second-order valence-corrected chi connectivity index (χ2v) is 6.30. The van der Waals surface area contributed by atoms with E-state index in [1.807, 2.05) is 32.0 Å². The lowest BCUT2D eigenvalue weighted by molar-refractivity contribution is 0.591. The number of nitrogens with one attached hydrogen (secondary N) is 1. The van der Waals surface area contributed by atoms with E-state index in [1.54, 1.807) is 6.07 Å². The molecule has 1 aromatic carbocycles. The third-order valence-corrected chi connectivity index (χ3v) is 4.64. The molecule has 0 radical (unpaired) electrons. The molecule has 102 valence electrons. The van der Waals surface area contributed by atoms with Crippen LogP contribution >= 0.6 is 0 Å². The number of aryl methyl sites for hydroxylation is 2. The summed E-state index contributed by atoms with van der Waals surface area (Å²) in [6.07, 6.45) is 2.03. The summed E-state index contributed by atoms with van der Waals surface area (Å²) >= 11 is 0. The first-order chi connectivity index (χ1) is 8.95. The molecule has 1 N–H and O–H groups in total. The van der Waals surface area contributed by atoms with Crippen molar-refractivity contribution >= 4 is 15.7 Å². The number of sulfonamides is 1. The van der Waals surface area contributed by atoms with E-state index in [2.05, 4.69) is 9.97 Å². The molecule has 0 atom stereocenters. The molecule has 0 saturated carbocycles. The zero-order valence-corrected chi connectivity index (χ0v) is 12.0. The number of nitrogens with zero attached hydrogens (tertiary/aromatic N) is 2. The van der Waals surface area contributed by atoms with E-state index in [0.29, 0.717) is 17.9 Å². The van der Waals surface area contributed by atoms with E-state index in [9.17, 15) is 8.42 Å². The SMILES string of the molecule is CCc1ncc(S(=O)(=O)N(C)c2cccc(C)c2)[nH]1. The number of aromatic amines is 1. The van der Waals surface area contributed by atoms with Gasteiger partial charge in [0, 0.05) is 13.5 Å². The standard InChI is InChI=1S/C13H17N3O2S/c1-4-12-14-9-13(15-12)19(17,18)16(3)11-7-5-6-10(2)8-11/h5-9H,4H2,1-3H3,(H,14,15). The van der Waals surface area contributed by atoms with E-state index >= 15 is 0 Å². The zero-order chi connectivity index (χ0) is 14.0. The highest BCUT2D eigenvalue weighted by molar-refractivity contribution is 7.92. The van der Waals surface area contributed by atoms with Gasteiger partial charge in [-0.2, -0.15) is 8.42 Å². The maximum atomic E-state index is 12.4. The molecule has 19 heavy (non-hydrogen) atoms. The number of rotatable bonds is 4. The second-order valence-electron chi connectivity index (χ2n) is 4.36. The van der Waals surface area contributed by atoms with Crippen LogP contribution in [0.25, 0.3) is 0 Å². The molecule has 0 spiro atoms. The Morgan fingerprint density at radius 3 is 2.68 bits per heavy atom. The van der Waals surface area contributed by atoms with Crippen molar-refractivity contribution in [1.82, 2.24) is 9.97 Å². The molecule has 0 aliphatic heterocycles. The Balaban J connectivity index is 2.39. The number of imidazole rings is 1. The molecule has 0 saturated heterocycles. The van der Waals surface area contributed by atoms with Gasteiger partial charge < -0.3 is 4.98 Å². The van der Waals surface area contributed by atoms with Crippen molar-refractivity contribution in [2.45, 2.75) is 25.3 Å². The topological polar surface area (TPSA) is 66.1 Å². The largest absolute Gasteiger partial charge is 0.332 e. The Bertz CT molecular complexity index is 677. The Morgan fingerprint density at radius 2 is 2.11 bits per heavy atom. The van der Waals surface area contributed by atoms with Crippen molar-refractivity contribution < 1.29 is 8.42 Å². The number of benzene rings is 1. The first kappa shape index (κ1) is 13.6. The quantitative estimate of drug-likeness (QED) is 0.932. The molecule has 0 aliphatic rings. The smallest absolute Gasteiger partial charge is 0.281 e. The summed E-state index contributed by atoms with van der Waals surface area (Å²) in [5, 5.41) is 0.119. The molecule has 1 heterocycles. The van der Waals surface area contributed by atoms with Crippen molar-refractivity contribution in [3.8, 4) is 0 Å². The molecule has 0 bridgehead atoms. The van der Waals surface area contributed by atoms with Crippen LogP contribution in [0.15, 0.2) is 35.5 Å². The lowest BCUT2D eigenvalue weighted by Crippen LogP contribution is -2.26. The Morgan fingerprint density at radius 1 is 1.37 bits per heavy atom. The molecule has 6 heteroatoms. The van der Waals surface area contributed by atoms with E-state index in [-0.39, 0.29) is 5.03 Å². The van der Waals surface area contributed by atoms with E-state index in [1.165, 1.54) is 17.5 Å². The Hall–Kier alpha value is -1.82. The van der Waals surface area contributed by atoms with Gasteiger partial charge in [-0.3, -0.25) is 4.31 Å². The van der Waals surface area contributed by atoms with E-state index in [0.717, 1.165) is 5.56 Å². The third-order valence-electron chi connectivity index (χ3n) is 2.94. The normalized spacial score (nSPS) is 11.5. The first-order valence-corrected chi connectivity index (χ1v) is 7.48. The number of hydrogen-bond acceptors (Lipinski definition) is 3. The minimum absolute atomic E-state index is 0.119. The summed E-state index contributed by atoms with van der Waals surface area (Å²) in [5.74, 6) is 0.663. The molecule has 0 amide bonds. The maximum Gasteiger partial charge on any atom is 0.281 e. The van der Waals surface area contributed by atoms with Crippen LogP contribution in [0, 0.1) is 6.92 Å². The Labute approximate surface area is 113 Å².